The minimum atomic E-state index is 0.394. The van der Waals surface area contributed by atoms with Crippen molar-refractivity contribution in [1.82, 2.24) is 19.9 Å². The Morgan fingerprint density at radius 1 is 0.815 bits per heavy atom. The second-order valence-corrected chi connectivity index (χ2v) is 6.69. The molecule has 0 aliphatic carbocycles. The second-order valence-electron chi connectivity index (χ2n) is 5.85. The average Bonchev–Trinajstić information content (AvgIpc) is 2.67. The van der Waals surface area contributed by atoms with E-state index in [1.165, 1.54) is 0 Å². The van der Waals surface area contributed by atoms with Gasteiger partial charge in [0.25, 0.3) is 0 Å². The van der Waals surface area contributed by atoms with Gasteiger partial charge >= 0.3 is 0 Å². The summed E-state index contributed by atoms with van der Waals surface area (Å²) in [5.74, 6) is 0.926. The van der Waals surface area contributed by atoms with Crippen LogP contribution in [0.1, 0.15) is 5.56 Å². The van der Waals surface area contributed by atoms with Crippen molar-refractivity contribution in [2.24, 2.45) is 0 Å². The molecule has 27 heavy (non-hydrogen) atoms. The topological polar surface area (TPSA) is 75.6 Å². The quantitative estimate of drug-likeness (QED) is 0.472. The maximum Gasteiger partial charge on any atom is 0.231 e. The van der Waals surface area contributed by atoms with Gasteiger partial charge in [-0.3, -0.25) is 0 Å². The molecule has 2 aromatic heterocycles. The zero-order chi connectivity index (χ0) is 18.8. The summed E-state index contributed by atoms with van der Waals surface area (Å²) in [6.45, 7) is 1.95. The highest BCUT2D eigenvalue weighted by Crippen LogP contribution is 2.26. The van der Waals surface area contributed by atoms with E-state index in [1.807, 2.05) is 37.3 Å². The number of fused-ring (bicyclic) bond motifs is 1. The summed E-state index contributed by atoms with van der Waals surface area (Å²) < 4.78 is 0. The Morgan fingerprint density at radius 3 is 2.33 bits per heavy atom. The van der Waals surface area contributed by atoms with E-state index in [0.29, 0.717) is 33.0 Å². The van der Waals surface area contributed by atoms with Crippen molar-refractivity contribution in [3.63, 3.8) is 0 Å². The molecule has 4 rings (SSSR count). The van der Waals surface area contributed by atoms with E-state index in [0.717, 1.165) is 16.9 Å². The van der Waals surface area contributed by atoms with Crippen molar-refractivity contribution >= 4 is 57.5 Å². The Balaban J connectivity index is 1.73. The van der Waals surface area contributed by atoms with Crippen LogP contribution < -0.4 is 10.6 Å². The van der Waals surface area contributed by atoms with Crippen LogP contribution in [0.4, 0.5) is 23.1 Å². The van der Waals surface area contributed by atoms with Crippen molar-refractivity contribution in [2.45, 2.75) is 6.92 Å². The highest BCUT2D eigenvalue weighted by molar-refractivity contribution is 6.31. The highest BCUT2D eigenvalue weighted by Gasteiger charge is 2.11. The molecule has 2 aromatic carbocycles. The van der Waals surface area contributed by atoms with Crippen molar-refractivity contribution in [3.8, 4) is 0 Å². The van der Waals surface area contributed by atoms with Gasteiger partial charge < -0.3 is 10.6 Å². The van der Waals surface area contributed by atoms with E-state index < -0.39 is 0 Å². The molecule has 0 saturated heterocycles. The third-order valence-corrected chi connectivity index (χ3v) is 4.53. The lowest BCUT2D eigenvalue weighted by Crippen LogP contribution is -2.04. The van der Waals surface area contributed by atoms with Gasteiger partial charge in [0.2, 0.25) is 5.95 Å². The van der Waals surface area contributed by atoms with E-state index in [9.17, 15) is 0 Å². The monoisotopic (exact) mass is 396 g/mol. The Kier molecular flexibility index (Phi) is 4.75. The van der Waals surface area contributed by atoms with Crippen LogP contribution in [0.15, 0.2) is 54.9 Å². The molecular formula is C19H14Cl2N6. The summed E-state index contributed by atoms with van der Waals surface area (Å²) in [5, 5.41) is 7.73. The summed E-state index contributed by atoms with van der Waals surface area (Å²) in [6.07, 6.45) is 3.19. The molecule has 0 radical (unpaired) electrons. The third-order valence-electron chi connectivity index (χ3n) is 3.87. The van der Waals surface area contributed by atoms with Crippen LogP contribution in [0.2, 0.25) is 10.0 Å². The SMILES string of the molecule is Cc1ccc(Nc2nc(Nc3ccc(Cl)cc3)nc3nccnc23)cc1Cl. The van der Waals surface area contributed by atoms with E-state index >= 15 is 0 Å². The van der Waals surface area contributed by atoms with Gasteiger partial charge in [-0.2, -0.15) is 9.97 Å². The maximum atomic E-state index is 6.23. The number of halogens is 2. The molecule has 4 aromatic rings. The number of nitrogens with one attached hydrogen (secondary N) is 2. The van der Waals surface area contributed by atoms with Crippen LogP contribution in [0.25, 0.3) is 11.2 Å². The molecule has 0 aliphatic rings. The fourth-order valence-electron chi connectivity index (χ4n) is 2.48. The number of aryl methyl sites for hydroxylation is 1. The smallest absolute Gasteiger partial charge is 0.231 e. The largest absolute Gasteiger partial charge is 0.338 e. The molecule has 6 nitrogen and oxygen atoms in total. The Bertz CT molecular complexity index is 1110. The number of benzene rings is 2. The summed E-state index contributed by atoms with van der Waals surface area (Å²) in [5.41, 5.74) is 3.65. The normalized spacial score (nSPS) is 10.8. The first-order chi connectivity index (χ1) is 13.1. The van der Waals surface area contributed by atoms with E-state index in [4.69, 9.17) is 23.2 Å². The molecular weight excluding hydrogens is 383 g/mol. The molecule has 0 aliphatic heterocycles. The molecule has 2 N–H and O–H groups in total. The lowest BCUT2D eigenvalue weighted by atomic mass is 10.2. The van der Waals surface area contributed by atoms with Crippen LogP contribution in [0.3, 0.4) is 0 Å². The zero-order valence-corrected chi connectivity index (χ0v) is 15.8. The Labute approximate surface area is 165 Å². The van der Waals surface area contributed by atoms with Gasteiger partial charge in [0, 0.05) is 33.8 Å². The average molecular weight is 397 g/mol. The predicted octanol–water partition coefficient (Wildman–Crippen LogP) is 5.52. The van der Waals surface area contributed by atoms with E-state index in [2.05, 4.69) is 30.6 Å². The standard InChI is InChI=1S/C19H14Cl2N6/c1-11-2-5-14(10-15(11)21)24-18-16-17(23-9-8-22-16)26-19(27-18)25-13-6-3-12(20)4-7-13/h2-10H,1H3,(H2,23,24,25,26,27). The zero-order valence-electron chi connectivity index (χ0n) is 14.2. The van der Waals surface area contributed by atoms with Crippen LogP contribution in [-0.2, 0) is 0 Å². The van der Waals surface area contributed by atoms with E-state index in [-0.39, 0.29) is 0 Å². The fourth-order valence-corrected chi connectivity index (χ4v) is 2.78. The first kappa shape index (κ1) is 17.5. The molecule has 0 saturated carbocycles. The van der Waals surface area contributed by atoms with Crippen LogP contribution in [-0.4, -0.2) is 19.9 Å². The lowest BCUT2D eigenvalue weighted by Gasteiger charge is -2.11. The number of nitrogens with zero attached hydrogens (tertiary/aromatic N) is 4. The number of rotatable bonds is 4. The minimum Gasteiger partial charge on any atom is -0.338 e. The number of hydrogen-bond donors (Lipinski definition) is 2. The summed E-state index contributed by atoms with van der Waals surface area (Å²) in [6, 6.07) is 13.0. The summed E-state index contributed by atoms with van der Waals surface area (Å²) in [7, 11) is 0. The van der Waals surface area contributed by atoms with Gasteiger partial charge in [0.05, 0.1) is 0 Å². The third kappa shape index (κ3) is 3.92. The van der Waals surface area contributed by atoms with Gasteiger partial charge in [-0.05, 0) is 48.9 Å². The molecule has 0 bridgehead atoms. The number of hydrogen-bond acceptors (Lipinski definition) is 6. The maximum absolute atomic E-state index is 6.23. The van der Waals surface area contributed by atoms with E-state index in [1.54, 1.807) is 24.5 Å². The molecule has 134 valence electrons. The molecule has 8 heteroatoms. The molecule has 0 atom stereocenters. The first-order valence-corrected chi connectivity index (χ1v) is 8.88. The molecule has 0 spiro atoms. The highest BCUT2D eigenvalue weighted by atomic mass is 35.5. The summed E-state index contributed by atoms with van der Waals surface area (Å²) in [4.78, 5) is 17.6. The first-order valence-electron chi connectivity index (χ1n) is 8.13. The fraction of sp³-hybridized carbons (Fsp3) is 0.0526. The Hall–Kier alpha value is -2.96. The van der Waals surface area contributed by atoms with Crippen molar-refractivity contribution in [3.05, 3.63) is 70.5 Å². The van der Waals surface area contributed by atoms with Gasteiger partial charge in [-0.15, -0.1) is 0 Å². The van der Waals surface area contributed by atoms with Crippen molar-refractivity contribution < 1.29 is 0 Å². The van der Waals surface area contributed by atoms with Gasteiger partial charge in [-0.1, -0.05) is 29.3 Å². The predicted molar refractivity (Wildman–Crippen MR) is 109 cm³/mol. The summed E-state index contributed by atoms with van der Waals surface area (Å²) >= 11 is 12.2. The minimum absolute atomic E-state index is 0.394. The van der Waals surface area contributed by atoms with Crippen molar-refractivity contribution in [2.75, 3.05) is 10.6 Å². The molecule has 0 fully saturated rings. The van der Waals surface area contributed by atoms with Gasteiger partial charge in [0.15, 0.2) is 17.0 Å². The van der Waals surface area contributed by atoms with Gasteiger partial charge in [0.1, 0.15) is 0 Å². The molecule has 0 amide bonds. The van der Waals surface area contributed by atoms with Crippen LogP contribution >= 0.6 is 23.2 Å². The Morgan fingerprint density at radius 2 is 1.56 bits per heavy atom. The van der Waals surface area contributed by atoms with Crippen LogP contribution in [0.5, 0.6) is 0 Å². The van der Waals surface area contributed by atoms with Gasteiger partial charge in [-0.25, -0.2) is 9.97 Å². The second kappa shape index (κ2) is 7.34. The lowest BCUT2D eigenvalue weighted by molar-refractivity contribution is 1.15. The molecule has 2 heterocycles. The van der Waals surface area contributed by atoms with Crippen molar-refractivity contribution in [1.29, 1.82) is 0 Å². The number of anilines is 4. The number of aromatic nitrogens is 4. The molecule has 0 unspecified atom stereocenters. The van der Waals surface area contributed by atoms with Crippen LogP contribution in [0, 0.1) is 6.92 Å².